The van der Waals surface area contributed by atoms with Gasteiger partial charge >= 0.3 is 0 Å². The van der Waals surface area contributed by atoms with E-state index < -0.39 is 0 Å². The molecule has 2 aromatic heterocycles. The van der Waals surface area contributed by atoms with Gasteiger partial charge in [0, 0.05) is 32.0 Å². The summed E-state index contributed by atoms with van der Waals surface area (Å²) in [5.74, 6) is 2.31. The summed E-state index contributed by atoms with van der Waals surface area (Å²) in [5, 5.41) is 4.71. The lowest BCUT2D eigenvalue weighted by Crippen LogP contribution is -2.12. The highest BCUT2D eigenvalue weighted by atomic mass is 32.2. The van der Waals surface area contributed by atoms with Crippen molar-refractivity contribution in [3.05, 3.63) is 151 Å². The van der Waals surface area contributed by atoms with Crippen LogP contribution < -0.4 is 0 Å². The number of rotatable bonds is 4. The Kier molecular flexibility index (Phi) is 6.43. The van der Waals surface area contributed by atoms with Crippen molar-refractivity contribution in [3.63, 3.8) is 0 Å². The highest BCUT2D eigenvalue weighted by molar-refractivity contribution is 8.01. The lowest BCUT2D eigenvalue weighted by atomic mass is 9.90. The molecule has 1 aliphatic carbocycles. The van der Waals surface area contributed by atoms with E-state index in [0.717, 1.165) is 60.5 Å². The number of benzene rings is 6. The van der Waals surface area contributed by atoms with Gasteiger partial charge in [0.2, 0.25) is 0 Å². The predicted molar refractivity (Wildman–Crippen MR) is 202 cm³/mol. The third kappa shape index (κ3) is 4.50. The molecule has 0 saturated heterocycles. The fourth-order valence-corrected chi connectivity index (χ4v) is 8.94. The smallest absolute Gasteiger partial charge is 0.167 e. The molecule has 0 fully saturated rings. The van der Waals surface area contributed by atoms with Crippen LogP contribution in [-0.4, -0.2) is 20.2 Å². The average molecular weight is 648 g/mol. The quantitative estimate of drug-likeness (QED) is 0.190. The maximum absolute atomic E-state index is 6.52. The van der Waals surface area contributed by atoms with E-state index in [1.165, 1.54) is 16.0 Å². The second kappa shape index (κ2) is 11.1. The van der Waals surface area contributed by atoms with Gasteiger partial charge < -0.3 is 4.42 Å². The molecule has 3 heterocycles. The van der Waals surface area contributed by atoms with Gasteiger partial charge in [-0.05, 0) is 51.1 Å². The number of furan rings is 1. The predicted octanol–water partition coefficient (Wildman–Crippen LogP) is 11.7. The minimum atomic E-state index is 0.369. The molecule has 2 aliphatic rings. The number of hydrogen-bond donors (Lipinski definition) is 0. The standard InChI is InChI=1S/C44H29N3OS/c1-26-12-9-19-33-34-20-11-22-36(41(34)49-40(26)33)43-45-42(35-21-10-18-32-31-17-7-8-23-37(31)48-39(32)35)46-44(47-43)38-29-16-6-5-15-28(29)24-25-30(38)27-13-3-2-4-14-27/h2-26,40H,1H3. The Balaban J connectivity index is 1.28. The first kappa shape index (κ1) is 28.3. The van der Waals surface area contributed by atoms with Gasteiger partial charge in [-0.1, -0.05) is 140 Å². The lowest BCUT2D eigenvalue weighted by Gasteiger charge is -2.19. The van der Waals surface area contributed by atoms with Crippen LogP contribution >= 0.6 is 11.8 Å². The lowest BCUT2D eigenvalue weighted by molar-refractivity contribution is 0.669. The molecule has 0 saturated carbocycles. The molecule has 4 nitrogen and oxygen atoms in total. The van der Waals surface area contributed by atoms with Gasteiger partial charge in [-0.15, -0.1) is 11.8 Å². The van der Waals surface area contributed by atoms with E-state index in [9.17, 15) is 0 Å². The largest absolute Gasteiger partial charge is 0.455 e. The number of thioether (sulfide) groups is 1. The van der Waals surface area contributed by atoms with Crippen molar-refractivity contribution in [1.82, 2.24) is 15.0 Å². The molecule has 0 radical (unpaired) electrons. The number of fused-ring (bicyclic) bond motifs is 7. The fraction of sp³-hybridized carbons (Fsp3) is 0.0682. The van der Waals surface area contributed by atoms with Gasteiger partial charge in [0.15, 0.2) is 17.5 Å². The van der Waals surface area contributed by atoms with Crippen LogP contribution in [-0.2, 0) is 0 Å². The molecule has 1 aliphatic heterocycles. The van der Waals surface area contributed by atoms with E-state index in [0.29, 0.717) is 28.6 Å². The summed E-state index contributed by atoms with van der Waals surface area (Å²) in [6.07, 6.45) is 6.76. The SMILES string of the molecule is CC1C=CC=C2c3cccc(-c4nc(-c5c(-c6ccccc6)ccc6ccccc56)nc(-c5cccc6c5oc5ccccc56)n4)c3SC21. The highest BCUT2D eigenvalue weighted by Crippen LogP contribution is 2.53. The third-order valence-corrected chi connectivity index (χ3v) is 11.4. The highest BCUT2D eigenvalue weighted by Gasteiger charge is 2.34. The first-order valence-electron chi connectivity index (χ1n) is 16.6. The summed E-state index contributed by atoms with van der Waals surface area (Å²) in [6, 6.07) is 44.3. The van der Waals surface area contributed by atoms with Crippen molar-refractivity contribution in [1.29, 1.82) is 0 Å². The molecule has 8 aromatic rings. The second-order valence-electron chi connectivity index (χ2n) is 12.7. The maximum atomic E-state index is 6.52. The molecule has 5 heteroatoms. The van der Waals surface area contributed by atoms with E-state index in [4.69, 9.17) is 19.4 Å². The molecular formula is C44H29N3OS. The van der Waals surface area contributed by atoms with Crippen molar-refractivity contribution >= 4 is 50.0 Å². The summed E-state index contributed by atoms with van der Waals surface area (Å²) in [6.45, 7) is 2.30. The molecule has 2 atom stereocenters. The molecule has 0 N–H and O–H groups in total. The first-order chi connectivity index (χ1) is 24.2. The van der Waals surface area contributed by atoms with Gasteiger partial charge in [0.1, 0.15) is 11.2 Å². The first-order valence-corrected chi connectivity index (χ1v) is 17.5. The van der Waals surface area contributed by atoms with E-state index in [-0.39, 0.29) is 0 Å². The van der Waals surface area contributed by atoms with Gasteiger partial charge in [0.25, 0.3) is 0 Å². The van der Waals surface area contributed by atoms with Crippen molar-refractivity contribution in [3.8, 4) is 45.3 Å². The van der Waals surface area contributed by atoms with Gasteiger partial charge in [-0.3, -0.25) is 0 Å². The molecule has 0 spiro atoms. The van der Waals surface area contributed by atoms with Crippen molar-refractivity contribution in [2.45, 2.75) is 17.1 Å². The van der Waals surface area contributed by atoms with E-state index >= 15 is 0 Å². The van der Waals surface area contributed by atoms with Crippen LogP contribution in [0.15, 0.2) is 155 Å². The van der Waals surface area contributed by atoms with Crippen LogP contribution in [0.3, 0.4) is 0 Å². The zero-order chi connectivity index (χ0) is 32.5. The minimum Gasteiger partial charge on any atom is -0.455 e. The Morgan fingerprint density at radius 3 is 2.16 bits per heavy atom. The number of aromatic nitrogens is 3. The Morgan fingerprint density at radius 2 is 1.27 bits per heavy atom. The summed E-state index contributed by atoms with van der Waals surface area (Å²) in [7, 11) is 0. The van der Waals surface area contributed by atoms with Crippen LogP contribution in [0.1, 0.15) is 12.5 Å². The van der Waals surface area contributed by atoms with E-state index in [1.54, 1.807) is 0 Å². The topological polar surface area (TPSA) is 51.8 Å². The van der Waals surface area contributed by atoms with Crippen molar-refractivity contribution in [2.24, 2.45) is 5.92 Å². The van der Waals surface area contributed by atoms with Gasteiger partial charge in [-0.2, -0.15) is 0 Å². The molecule has 49 heavy (non-hydrogen) atoms. The third-order valence-electron chi connectivity index (χ3n) is 9.80. The van der Waals surface area contributed by atoms with E-state index in [1.807, 2.05) is 30.0 Å². The fourth-order valence-electron chi connectivity index (χ4n) is 7.44. The van der Waals surface area contributed by atoms with Gasteiger partial charge in [0.05, 0.1) is 5.56 Å². The minimum absolute atomic E-state index is 0.369. The summed E-state index contributed by atoms with van der Waals surface area (Å²) in [5.41, 5.74) is 9.30. The zero-order valence-electron chi connectivity index (χ0n) is 26.7. The average Bonchev–Trinajstić information content (AvgIpc) is 3.74. The van der Waals surface area contributed by atoms with Crippen molar-refractivity contribution in [2.75, 3.05) is 0 Å². The Bertz CT molecular complexity index is 2670. The molecule has 2 unspecified atom stereocenters. The molecule has 232 valence electrons. The Labute approximate surface area is 287 Å². The Morgan fingerprint density at radius 1 is 0.571 bits per heavy atom. The number of allylic oxidation sites excluding steroid dienone is 3. The second-order valence-corrected chi connectivity index (χ2v) is 13.9. The number of para-hydroxylation sites is 2. The zero-order valence-corrected chi connectivity index (χ0v) is 27.5. The summed E-state index contributed by atoms with van der Waals surface area (Å²) in [4.78, 5) is 17.2. The van der Waals surface area contributed by atoms with Gasteiger partial charge in [-0.25, -0.2) is 15.0 Å². The molecule has 0 amide bonds. The van der Waals surface area contributed by atoms with Crippen LogP contribution in [0, 0.1) is 5.92 Å². The van der Waals surface area contributed by atoms with Crippen molar-refractivity contribution < 1.29 is 4.42 Å². The summed E-state index contributed by atoms with van der Waals surface area (Å²) < 4.78 is 6.52. The van der Waals surface area contributed by atoms with Crippen LogP contribution in [0.2, 0.25) is 0 Å². The Hall–Kier alpha value is -5.78. The number of nitrogens with zero attached hydrogens (tertiary/aromatic N) is 3. The molecule has 6 aromatic carbocycles. The van der Waals surface area contributed by atoms with Crippen LogP contribution in [0.25, 0.3) is 83.6 Å². The molecular weight excluding hydrogens is 619 g/mol. The summed E-state index contributed by atoms with van der Waals surface area (Å²) >= 11 is 1.92. The number of hydrogen-bond acceptors (Lipinski definition) is 5. The normalized spacial score (nSPS) is 16.6. The maximum Gasteiger partial charge on any atom is 0.167 e. The monoisotopic (exact) mass is 647 g/mol. The van der Waals surface area contributed by atoms with E-state index in [2.05, 4.69) is 134 Å². The molecule has 10 rings (SSSR count). The van der Waals surface area contributed by atoms with Crippen LogP contribution in [0.4, 0.5) is 0 Å². The van der Waals surface area contributed by atoms with Crippen LogP contribution in [0.5, 0.6) is 0 Å². The molecule has 0 bridgehead atoms.